The van der Waals surface area contributed by atoms with Crippen molar-refractivity contribution in [2.75, 3.05) is 0 Å². The highest BCUT2D eigenvalue weighted by molar-refractivity contribution is 9.10. The van der Waals surface area contributed by atoms with Gasteiger partial charge in [0.25, 0.3) is 0 Å². The van der Waals surface area contributed by atoms with E-state index in [4.69, 9.17) is 0 Å². The zero-order chi connectivity index (χ0) is 20.0. The van der Waals surface area contributed by atoms with Crippen molar-refractivity contribution in [2.24, 2.45) is 0 Å². The third-order valence-corrected chi connectivity index (χ3v) is 6.22. The Kier molecular flexibility index (Phi) is 5.59. The average Bonchev–Trinajstić information content (AvgIpc) is 2.97. The van der Waals surface area contributed by atoms with Crippen LogP contribution in [0.15, 0.2) is 95.7 Å². The van der Waals surface area contributed by atoms with Gasteiger partial charge in [-0.05, 0) is 29.1 Å². The number of benzene rings is 3. The third kappa shape index (κ3) is 3.20. The summed E-state index contributed by atoms with van der Waals surface area (Å²) in [5, 5.41) is 2.19. The molecule has 1 aromatic heterocycles. The van der Waals surface area contributed by atoms with Crippen LogP contribution in [0.5, 0.6) is 0 Å². The van der Waals surface area contributed by atoms with E-state index in [-0.39, 0.29) is 42.1 Å². The molecule has 0 N–H and O–H groups in total. The summed E-state index contributed by atoms with van der Waals surface area (Å²) in [7, 11) is 0. The van der Waals surface area contributed by atoms with Crippen LogP contribution in [0.3, 0.4) is 0 Å². The van der Waals surface area contributed by atoms with Crippen molar-refractivity contribution >= 4 is 38.3 Å². The summed E-state index contributed by atoms with van der Waals surface area (Å²) in [5.74, 6) is -0.276. The van der Waals surface area contributed by atoms with Crippen LogP contribution in [0.1, 0.15) is 26.3 Å². The molecule has 0 bridgehead atoms. The summed E-state index contributed by atoms with van der Waals surface area (Å²) in [6.45, 7) is 0.256. The lowest BCUT2D eigenvalue weighted by atomic mass is 9.75. The minimum Gasteiger partial charge on any atom is -1.00 e. The number of halogens is 2. The highest BCUT2D eigenvalue weighted by atomic mass is 127. The normalized spacial score (nSPS) is 14.4. The predicted molar refractivity (Wildman–Crippen MR) is 115 cm³/mol. The van der Waals surface area contributed by atoms with Crippen LogP contribution >= 0.6 is 15.9 Å². The number of aromatic nitrogens is 1. The van der Waals surface area contributed by atoms with Gasteiger partial charge in [-0.3, -0.25) is 9.59 Å². The number of carbonyl (C=O) groups is 2. The molecule has 1 aliphatic rings. The molecule has 5 rings (SSSR count). The van der Waals surface area contributed by atoms with Crippen molar-refractivity contribution in [3.63, 3.8) is 0 Å². The fraction of sp³-hybridized carbons (Fsp3) is 0.0800. The number of hydrogen-bond acceptors (Lipinski definition) is 2. The minimum absolute atomic E-state index is 0. The van der Waals surface area contributed by atoms with E-state index in [1.807, 2.05) is 83.7 Å². The molecular weight excluding hydrogens is 553 g/mol. The van der Waals surface area contributed by atoms with Gasteiger partial charge in [0.05, 0.1) is 0 Å². The molecule has 30 heavy (non-hydrogen) atoms. The van der Waals surface area contributed by atoms with Crippen LogP contribution in [-0.2, 0) is 12.0 Å². The lowest BCUT2D eigenvalue weighted by molar-refractivity contribution is -0.699. The van der Waals surface area contributed by atoms with Gasteiger partial charge in [-0.2, -0.15) is 0 Å². The Bertz CT molecular complexity index is 1250. The van der Waals surface area contributed by atoms with E-state index in [2.05, 4.69) is 15.9 Å². The number of Topliss-reactive ketones (excluding diaryl/α,β-unsaturated/α-hetero) is 2. The van der Waals surface area contributed by atoms with Crippen molar-refractivity contribution in [1.82, 2.24) is 0 Å². The Hall–Kier alpha value is -2.38. The highest BCUT2D eigenvalue weighted by Crippen LogP contribution is 2.40. The number of ketones is 2. The molecular formula is C25H17BrINO2. The fourth-order valence-electron chi connectivity index (χ4n) is 4.22. The molecule has 0 saturated heterocycles. The number of carbonyl (C=O) groups excluding carboxylic acids is 2. The summed E-state index contributed by atoms with van der Waals surface area (Å²) >= 11 is 3.45. The summed E-state index contributed by atoms with van der Waals surface area (Å²) in [6.07, 6.45) is 3.94. The Morgan fingerprint density at radius 1 is 0.733 bits per heavy atom. The lowest BCUT2D eigenvalue weighted by Crippen LogP contribution is -3.00. The first-order valence-electron chi connectivity index (χ1n) is 9.42. The standard InChI is InChI=1S/C25H17BrNO2.HI/c26-20-11-9-19(10-12-20)25(23(28)21-7-3-4-8-22(21)24(25)29)16-27-14-13-17-5-1-2-6-18(17)15-27;/h1-15H,16H2;1H/q+1;/p-1. The number of fused-ring (bicyclic) bond motifs is 2. The molecule has 3 aromatic carbocycles. The molecule has 0 unspecified atom stereocenters. The number of hydrogen-bond donors (Lipinski definition) is 0. The van der Waals surface area contributed by atoms with E-state index in [1.165, 1.54) is 0 Å². The van der Waals surface area contributed by atoms with E-state index in [9.17, 15) is 9.59 Å². The molecule has 4 aromatic rings. The smallest absolute Gasteiger partial charge is 0.188 e. The molecule has 0 atom stereocenters. The van der Waals surface area contributed by atoms with E-state index < -0.39 is 5.41 Å². The molecule has 0 radical (unpaired) electrons. The molecule has 0 spiro atoms. The van der Waals surface area contributed by atoms with Crippen molar-refractivity contribution in [3.05, 3.63) is 112 Å². The van der Waals surface area contributed by atoms with Crippen LogP contribution in [-0.4, -0.2) is 11.6 Å². The average molecular weight is 570 g/mol. The van der Waals surface area contributed by atoms with Gasteiger partial charge in [0, 0.05) is 27.1 Å². The van der Waals surface area contributed by atoms with Gasteiger partial charge < -0.3 is 24.0 Å². The van der Waals surface area contributed by atoms with Crippen molar-refractivity contribution in [3.8, 4) is 0 Å². The monoisotopic (exact) mass is 569 g/mol. The summed E-state index contributed by atoms with van der Waals surface area (Å²) in [6, 6.07) is 24.7. The molecule has 0 amide bonds. The van der Waals surface area contributed by atoms with Crippen molar-refractivity contribution < 1.29 is 38.1 Å². The van der Waals surface area contributed by atoms with Crippen molar-refractivity contribution in [1.29, 1.82) is 0 Å². The van der Waals surface area contributed by atoms with Gasteiger partial charge in [0.2, 0.25) is 0 Å². The maximum atomic E-state index is 13.6. The number of pyridine rings is 1. The van der Waals surface area contributed by atoms with E-state index >= 15 is 0 Å². The first kappa shape index (κ1) is 20.9. The number of rotatable bonds is 3. The topological polar surface area (TPSA) is 38.0 Å². The molecule has 5 heteroatoms. The van der Waals surface area contributed by atoms with Crippen LogP contribution in [0.2, 0.25) is 0 Å². The van der Waals surface area contributed by atoms with Crippen LogP contribution in [0, 0.1) is 0 Å². The minimum atomic E-state index is -1.27. The Balaban J connectivity index is 0.00000218. The second kappa shape index (κ2) is 8.04. The predicted octanol–water partition coefficient (Wildman–Crippen LogP) is 1.91. The molecule has 148 valence electrons. The first-order chi connectivity index (χ1) is 14.1. The third-order valence-electron chi connectivity index (χ3n) is 5.69. The maximum absolute atomic E-state index is 13.6. The van der Waals surface area contributed by atoms with Gasteiger partial charge >= 0.3 is 0 Å². The molecule has 0 fully saturated rings. The second-order valence-electron chi connectivity index (χ2n) is 7.36. The van der Waals surface area contributed by atoms with Crippen molar-refractivity contribution in [2.45, 2.75) is 12.0 Å². The Morgan fingerprint density at radius 2 is 1.30 bits per heavy atom. The Morgan fingerprint density at radius 3 is 1.93 bits per heavy atom. The SMILES string of the molecule is O=C1c2ccccc2C(=O)C1(C[n+]1ccc2ccccc2c1)c1ccc(Br)cc1.[I-]. The zero-order valence-corrected chi connectivity index (χ0v) is 19.6. The fourth-order valence-corrected chi connectivity index (χ4v) is 4.49. The maximum Gasteiger partial charge on any atom is 0.188 e. The van der Waals surface area contributed by atoms with Crippen LogP contribution < -0.4 is 28.5 Å². The van der Waals surface area contributed by atoms with E-state index in [1.54, 1.807) is 12.1 Å². The van der Waals surface area contributed by atoms with Crippen LogP contribution in [0.25, 0.3) is 10.8 Å². The van der Waals surface area contributed by atoms with Gasteiger partial charge in [0.15, 0.2) is 35.9 Å². The largest absolute Gasteiger partial charge is 1.00 e. The molecule has 1 aliphatic carbocycles. The molecule has 0 aliphatic heterocycles. The molecule has 3 nitrogen and oxygen atoms in total. The van der Waals surface area contributed by atoms with E-state index in [0.717, 1.165) is 15.2 Å². The highest BCUT2D eigenvalue weighted by Gasteiger charge is 2.57. The van der Waals surface area contributed by atoms with Gasteiger partial charge in [-0.25, -0.2) is 4.57 Å². The Labute approximate surface area is 199 Å². The van der Waals surface area contributed by atoms with Crippen LogP contribution in [0.4, 0.5) is 0 Å². The quantitative estimate of drug-likeness (QED) is 0.215. The molecule has 0 saturated carbocycles. The second-order valence-corrected chi connectivity index (χ2v) is 8.28. The molecule has 1 heterocycles. The van der Waals surface area contributed by atoms with Gasteiger partial charge in [-0.15, -0.1) is 0 Å². The first-order valence-corrected chi connectivity index (χ1v) is 10.2. The zero-order valence-electron chi connectivity index (χ0n) is 15.9. The lowest BCUT2D eigenvalue weighted by Gasteiger charge is -2.23. The summed E-state index contributed by atoms with van der Waals surface area (Å²) in [4.78, 5) is 27.3. The van der Waals surface area contributed by atoms with Gasteiger partial charge in [-0.1, -0.05) is 70.5 Å². The summed E-state index contributed by atoms with van der Waals surface area (Å²) in [5.41, 5.74) is 0.452. The van der Waals surface area contributed by atoms with E-state index in [0.29, 0.717) is 16.7 Å². The number of nitrogens with zero attached hydrogens (tertiary/aromatic N) is 1. The van der Waals surface area contributed by atoms with Gasteiger partial charge in [0.1, 0.15) is 0 Å². The summed E-state index contributed by atoms with van der Waals surface area (Å²) < 4.78 is 2.86.